The quantitative estimate of drug-likeness (QED) is 0.233. The van der Waals surface area contributed by atoms with Crippen molar-refractivity contribution >= 4 is 16.8 Å². The van der Waals surface area contributed by atoms with Gasteiger partial charge >= 0.3 is 0 Å². The first-order chi connectivity index (χ1) is 19.0. The van der Waals surface area contributed by atoms with E-state index in [0.717, 1.165) is 69.7 Å². The highest BCUT2D eigenvalue weighted by molar-refractivity contribution is 5.85. The van der Waals surface area contributed by atoms with Crippen molar-refractivity contribution in [3.05, 3.63) is 76.7 Å². The second-order valence-corrected chi connectivity index (χ2v) is 11.1. The van der Waals surface area contributed by atoms with Crippen LogP contribution >= 0.6 is 0 Å². The van der Waals surface area contributed by atoms with Crippen molar-refractivity contribution in [2.24, 2.45) is 0 Å². The van der Waals surface area contributed by atoms with Crippen molar-refractivity contribution in [2.75, 3.05) is 26.8 Å². The Morgan fingerprint density at radius 1 is 1.08 bits per heavy atom. The summed E-state index contributed by atoms with van der Waals surface area (Å²) in [6.45, 7) is 9.74. The Hall–Kier alpha value is -3.38. The number of benzene rings is 2. The van der Waals surface area contributed by atoms with E-state index >= 15 is 0 Å². The maximum Gasteiger partial charge on any atom is 0.222 e. The van der Waals surface area contributed by atoms with E-state index in [0.29, 0.717) is 18.2 Å². The normalized spacial score (nSPS) is 15.8. The fourth-order valence-corrected chi connectivity index (χ4v) is 6.47. The van der Waals surface area contributed by atoms with E-state index < -0.39 is 0 Å². The van der Waals surface area contributed by atoms with Gasteiger partial charge < -0.3 is 14.2 Å². The molecule has 3 heterocycles. The van der Waals surface area contributed by atoms with Gasteiger partial charge in [0.25, 0.3) is 0 Å². The minimum Gasteiger partial charge on any atom is -0.385 e. The Balaban J connectivity index is 1.21. The summed E-state index contributed by atoms with van der Waals surface area (Å²) in [7, 11) is 1.77. The van der Waals surface area contributed by atoms with Crippen LogP contribution in [0.15, 0.2) is 48.5 Å². The van der Waals surface area contributed by atoms with Crippen LogP contribution in [-0.4, -0.2) is 52.4 Å². The number of para-hydroxylation sites is 1. The van der Waals surface area contributed by atoms with Gasteiger partial charge in [-0.25, -0.2) is 0 Å². The number of nitrogens with one attached hydrogen (secondary N) is 1. The number of aryl methyl sites for hydroxylation is 5. The number of H-pyrrole nitrogens is 1. The molecule has 1 aliphatic heterocycles. The third kappa shape index (κ3) is 5.81. The van der Waals surface area contributed by atoms with Gasteiger partial charge in [-0.1, -0.05) is 42.5 Å². The Labute approximate surface area is 232 Å². The second-order valence-electron chi connectivity index (χ2n) is 11.1. The van der Waals surface area contributed by atoms with Gasteiger partial charge in [0.05, 0.1) is 5.69 Å². The number of piperidine rings is 1. The lowest BCUT2D eigenvalue weighted by Gasteiger charge is -2.34. The zero-order valence-electron chi connectivity index (χ0n) is 23.9. The molecule has 5 rings (SSSR count). The molecule has 1 atom stereocenters. The van der Waals surface area contributed by atoms with Crippen LogP contribution in [0.3, 0.4) is 0 Å². The molecule has 1 fully saturated rings. The number of aromatic amines is 1. The zero-order valence-corrected chi connectivity index (χ0v) is 23.9. The molecule has 0 spiro atoms. The second kappa shape index (κ2) is 12.2. The first-order valence-corrected chi connectivity index (χ1v) is 14.4. The number of amides is 1. The van der Waals surface area contributed by atoms with Crippen molar-refractivity contribution in [3.63, 3.8) is 0 Å². The molecule has 1 aliphatic rings. The molecule has 4 aromatic rings. The number of methoxy groups -OCH3 is 1. The predicted molar refractivity (Wildman–Crippen MR) is 158 cm³/mol. The zero-order chi connectivity index (χ0) is 27.4. The number of likely N-dealkylation sites (tertiary alicyclic amines) is 1. The molecular weight excluding hydrogens is 484 g/mol. The van der Waals surface area contributed by atoms with E-state index in [1.54, 1.807) is 7.11 Å². The van der Waals surface area contributed by atoms with E-state index in [1.165, 1.54) is 38.9 Å². The SMILES string of the molecule is COCCCn1c(C2CCCN(C(=O)CCCc3ccc(-c4c(C)n[nH]c4C)cc3)C2)c(C)c2ccccc21. The molecule has 2 aromatic carbocycles. The molecule has 1 unspecified atom stereocenters. The van der Waals surface area contributed by atoms with Gasteiger partial charge in [-0.2, -0.15) is 5.10 Å². The van der Waals surface area contributed by atoms with Gasteiger partial charge in [-0.3, -0.25) is 9.89 Å². The Morgan fingerprint density at radius 2 is 1.87 bits per heavy atom. The molecule has 0 radical (unpaired) electrons. The Bertz CT molecular complexity index is 1400. The average Bonchev–Trinajstić information content (AvgIpc) is 3.44. The molecule has 0 saturated carbocycles. The lowest BCUT2D eigenvalue weighted by atomic mass is 9.91. The summed E-state index contributed by atoms with van der Waals surface area (Å²) in [5, 5.41) is 8.71. The topological polar surface area (TPSA) is 63.1 Å². The number of hydrogen-bond acceptors (Lipinski definition) is 3. The molecule has 206 valence electrons. The smallest absolute Gasteiger partial charge is 0.222 e. The van der Waals surface area contributed by atoms with Crippen molar-refractivity contribution in [1.29, 1.82) is 0 Å². The van der Waals surface area contributed by atoms with Crippen molar-refractivity contribution in [1.82, 2.24) is 19.7 Å². The maximum absolute atomic E-state index is 13.3. The highest BCUT2D eigenvalue weighted by Gasteiger charge is 2.29. The molecule has 1 N–H and O–H groups in total. The number of rotatable bonds is 10. The van der Waals surface area contributed by atoms with Gasteiger partial charge in [0.2, 0.25) is 5.91 Å². The van der Waals surface area contributed by atoms with Gasteiger partial charge in [-0.05, 0) is 75.6 Å². The highest BCUT2D eigenvalue weighted by atomic mass is 16.5. The number of hydrogen-bond donors (Lipinski definition) is 1. The summed E-state index contributed by atoms with van der Waals surface area (Å²) >= 11 is 0. The predicted octanol–water partition coefficient (Wildman–Crippen LogP) is 6.72. The molecule has 1 amide bonds. The molecule has 6 heteroatoms. The summed E-state index contributed by atoms with van der Waals surface area (Å²) in [5.41, 5.74) is 9.84. The maximum atomic E-state index is 13.3. The molecule has 1 saturated heterocycles. The van der Waals surface area contributed by atoms with Crippen LogP contribution in [0.4, 0.5) is 0 Å². The lowest BCUT2D eigenvalue weighted by Crippen LogP contribution is -2.39. The Kier molecular flexibility index (Phi) is 8.51. The number of ether oxygens (including phenoxy) is 1. The minimum atomic E-state index is 0.292. The van der Waals surface area contributed by atoms with Crippen molar-refractivity contribution in [3.8, 4) is 11.1 Å². The monoisotopic (exact) mass is 526 g/mol. The average molecular weight is 527 g/mol. The van der Waals surface area contributed by atoms with Crippen molar-refractivity contribution in [2.45, 2.75) is 71.8 Å². The summed E-state index contributed by atoms with van der Waals surface area (Å²) in [6, 6.07) is 17.4. The highest BCUT2D eigenvalue weighted by Crippen LogP contribution is 2.36. The van der Waals surface area contributed by atoms with Gasteiger partial charge in [-0.15, -0.1) is 0 Å². The van der Waals surface area contributed by atoms with E-state index in [1.807, 2.05) is 6.92 Å². The lowest BCUT2D eigenvalue weighted by molar-refractivity contribution is -0.132. The Morgan fingerprint density at radius 3 is 2.62 bits per heavy atom. The number of aromatic nitrogens is 3. The fraction of sp³-hybridized carbons (Fsp3) is 0.455. The summed E-state index contributed by atoms with van der Waals surface area (Å²) in [4.78, 5) is 15.4. The van der Waals surface area contributed by atoms with Crippen LogP contribution in [0.5, 0.6) is 0 Å². The first kappa shape index (κ1) is 27.2. The third-order valence-electron chi connectivity index (χ3n) is 8.39. The van der Waals surface area contributed by atoms with E-state index in [2.05, 4.69) is 82.0 Å². The van der Waals surface area contributed by atoms with Gasteiger partial charge in [0.15, 0.2) is 0 Å². The van der Waals surface area contributed by atoms with E-state index in [9.17, 15) is 4.79 Å². The number of nitrogens with zero attached hydrogens (tertiary/aromatic N) is 3. The van der Waals surface area contributed by atoms with Crippen LogP contribution in [0.1, 0.15) is 66.2 Å². The van der Waals surface area contributed by atoms with Crippen LogP contribution in [-0.2, 0) is 22.5 Å². The molecule has 39 heavy (non-hydrogen) atoms. The van der Waals surface area contributed by atoms with Crippen LogP contribution in [0.25, 0.3) is 22.0 Å². The number of carbonyl (C=O) groups excluding carboxylic acids is 1. The fourth-order valence-electron chi connectivity index (χ4n) is 6.47. The minimum absolute atomic E-state index is 0.292. The van der Waals surface area contributed by atoms with Gasteiger partial charge in [0.1, 0.15) is 0 Å². The van der Waals surface area contributed by atoms with Gasteiger partial charge in [0, 0.05) is 73.5 Å². The summed E-state index contributed by atoms with van der Waals surface area (Å²) in [5.74, 6) is 0.667. The van der Waals surface area contributed by atoms with Crippen LogP contribution in [0.2, 0.25) is 0 Å². The summed E-state index contributed by atoms with van der Waals surface area (Å²) < 4.78 is 7.85. The largest absolute Gasteiger partial charge is 0.385 e. The molecule has 6 nitrogen and oxygen atoms in total. The number of carbonyl (C=O) groups is 1. The standard InChI is InChI=1S/C33H42N4O2/c1-23-29-12-5-6-13-30(29)37(20-9-21-39-4)33(23)28-11-8-19-36(22-28)31(38)14-7-10-26-15-17-27(18-16-26)32-24(2)34-35-25(32)3/h5-6,12-13,15-18,28H,7-11,14,19-22H2,1-4H3,(H,34,35). The first-order valence-electron chi connectivity index (χ1n) is 14.4. The molecule has 2 aromatic heterocycles. The molecular formula is C33H42N4O2. The molecule has 0 bridgehead atoms. The van der Waals surface area contributed by atoms with E-state index in [4.69, 9.17) is 4.74 Å². The van der Waals surface area contributed by atoms with Crippen molar-refractivity contribution < 1.29 is 9.53 Å². The third-order valence-corrected chi connectivity index (χ3v) is 8.39. The molecule has 0 aliphatic carbocycles. The number of fused-ring (bicyclic) bond motifs is 1. The van der Waals surface area contributed by atoms with Crippen LogP contribution in [0, 0.1) is 20.8 Å². The van der Waals surface area contributed by atoms with E-state index in [-0.39, 0.29) is 0 Å². The summed E-state index contributed by atoms with van der Waals surface area (Å²) in [6.07, 6.45) is 5.57. The van der Waals surface area contributed by atoms with Crippen LogP contribution < -0.4 is 0 Å².